The zero-order valence-corrected chi connectivity index (χ0v) is 12.2. The number of likely N-dealkylation sites (N-methyl/N-ethyl adjacent to an activating group) is 1. The van der Waals surface area contributed by atoms with E-state index >= 15 is 0 Å². The monoisotopic (exact) mass is 258 g/mol. The van der Waals surface area contributed by atoms with Crippen molar-refractivity contribution in [2.75, 3.05) is 26.2 Å². The molecule has 5 heteroatoms. The molecule has 1 amide bonds. The van der Waals surface area contributed by atoms with E-state index in [0.717, 1.165) is 0 Å². The van der Waals surface area contributed by atoms with Crippen molar-refractivity contribution in [3.63, 3.8) is 0 Å². The van der Waals surface area contributed by atoms with Crippen LogP contribution < -0.4 is 5.32 Å². The van der Waals surface area contributed by atoms with E-state index in [4.69, 9.17) is 4.74 Å². The second-order valence-corrected chi connectivity index (χ2v) is 4.71. The van der Waals surface area contributed by atoms with E-state index in [-0.39, 0.29) is 31.0 Å². The van der Waals surface area contributed by atoms with E-state index in [0.29, 0.717) is 19.1 Å². The molecule has 0 saturated heterocycles. The van der Waals surface area contributed by atoms with Gasteiger partial charge >= 0.3 is 5.97 Å². The molecule has 0 radical (unpaired) electrons. The third-order valence-electron chi connectivity index (χ3n) is 2.86. The predicted octanol–water partition coefficient (Wildman–Crippen LogP) is 1.03. The lowest BCUT2D eigenvalue weighted by Crippen LogP contribution is -2.44. The SMILES string of the molecule is CCOC(=O)CN(CC)CC(=O)NC(C)C(C)C. The predicted molar refractivity (Wildman–Crippen MR) is 71.2 cm³/mol. The Morgan fingerprint density at radius 3 is 2.22 bits per heavy atom. The quantitative estimate of drug-likeness (QED) is 0.661. The Labute approximate surface area is 110 Å². The first-order valence-corrected chi connectivity index (χ1v) is 6.58. The zero-order chi connectivity index (χ0) is 14.1. The summed E-state index contributed by atoms with van der Waals surface area (Å²) < 4.78 is 4.86. The van der Waals surface area contributed by atoms with Crippen molar-refractivity contribution < 1.29 is 14.3 Å². The van der Waals surface area contributed by atoms with Crippen LogP contribution in [0.5, 0.6) is 0 Å². The van der Waals surface area contributed by atoms with Crippen molar-refractivity contribution in [3.8, 4) is 0 Å². The first kappa shape index (κ1) is 16.9. The van der Waals surface area contributed by atoms with Gasteiger partial charge in [0.05, 0.1) is 19.7 Å². The summed E-state index contributed by atoms with van der Waals surface area (Å²) in [7, 11) is 0. The maximum absolute atomic E-state index is 11.8. The van der Waals surface area contributed by atoms with Crippen LogP contribution in [0.2, 0.25) is 0 Å². The number of ether oxygens (including phenoxy) is 1. The van der Waals surface area contributed by atoms with Crippen molar-refractivity contribution >= 4 is 11.9 Å². The Kier molecular flexibility index (Phi) is 8.37. The molecule has 1 atom stereocenters. The number of amides is 1. The van der Waals surface area contributed by atoms with Gasteiger partial charge in [0.15, 0.2) is 0 Å². The molecular weight excluding hydrogens is 232 g/mol. The number of carbonyl (C=O) groups is 2. The first-order chi connectivity index (χ1) is 8.40. The largest absolute Gasteiger partial charge is 0.465 e. The van der Waals surface area contributed by atoms with Crippen molar-refractivity contribution in [2.45, 2.75) is 40.7 Å². The Hall–Kier alpha value is -1.10. The molecule has 0 aliphatic carbocycles. The highest BCUT2D eigenvalue weighted by atomic mass is 16.5. The third-order valence-corrected chi connectivity index (χ3v) is 2.86. The number of carbonyl (C=O) groups excluding carboxylic acids is 2. The average Bonchev–Trinajstić information content (AvgIpc) is 2.27. The van der Waals surface area contributed by atoms with Crippen LogP contribution in [0.3, 0.4) is 0 Å². The summed E-state index contributed by atoms with van der Waals surface area (Å²) in [6.45, 7) is 11.2. The number of nitrogens with one attached hydrogen (secondary N) is 1. The van der Waals surface area contributed by atoms with Crippen LogP contribution in [0.25, 0.3) is 0 Å². The van der Waals surface area contributed by atoms with E-state index in [1.54, 1.807) is 11.8 Å². The molecule has 0 aromatic carbocycles. The normalized spacial score (nSPS) is 12.6. The molecular formula is C13H26N2O3. The van der Waals surface area contributed by atoms with Crippen LogP contribution in [0.1, 0.15) is 34.6 Å². The molecule has 1 unspecified atom stereocenters. The summed E-state index contributed by atoms with van der Waals surface area (Å²) in [6.07, 6.45) is 0. The van der Waals surface area contributed by atoms with Gasteiger partial charge in [-0.3, -0.25) is 14.5 Å². The summed E-state index contributed by atoms with van der Waals surface area (Å²) in [5, 5.41) is 2.92. The smallest absolute Gasteiger partial charge is 0.320 e. The lowest BCUT2D eigenvalue weighted by molar-refractivity contribution is -0.144. The van der Waals surface area contributed by atoms with Gasteiger partial charge < -0.3 is 10.1 Å². The molecule has 5 nitrogen and oxygen atoms in total. The summed E-state index contributed by atoms with van der Waals surface area (Å²) in [4.78, 5) is 24.9. The highest BCUT2D eigenvalue weighted by Gasteiger charge is 2.16. The van der Waals surface area contributed by atoms with Crippen LogP contribution in [0.4, 0.5) is 0 Å². The lowest BCUT2D eigenvalue weighted by atomic mass is 10.1. The van der Waals surface area contributed by atoms with Gasteiger partial charge in [-0.25, -0.2) is 0 Å². The molecule has 0 bridgehead atoms. The number of rotatable bonds is 8. The van der Waals surface area contributed by atoms with E-state index in [1.807, 2.05) is 13.8 Å². The fourth-order valence-electron chi connectivity index (χ4n) is 1.34. The van der Waals surface area contributed by atoms with Gasteiger partial charge in [0.1, 0.15) is 0 Å². The van der Waals surface area contributed by atoms with E-state index < -0.39 is 0 Å². The van der Waals surface area contributed by atoms with Crippen molar-refractivity contribution in [3.05, 3.63) is 0 Å². The van der Waals surface area contributed by atoms with Gasteiger partial charge in [0.2, 0.25) is 5.91 Å². The molecule has 1 N–H and O–H groups in total. The standard InChI is InChI=1S/C13H26N2O3/c1-6-15(9-13(17)18-7-2)8-12(16)14-11(5)10(3)4/h10-11H,6-9H2,1-5H3,(H,14,16). The number of esters is 1. The van der Waals surface area contributed by atoms with Crippen LogP contribution in [-0.4, -0.2) is 49.1 Å². The Balaban J connectivity index is 4.12. The third kappa shape index (κ3) is 7.27. The summed E-state index contributed by atoms with van der Waals surface area (Å²) in [6, 6.07) is 0.138. The van der Waals surface area contributed by atoms with Crippen LogP contribution in [0.15, 0.2) is 0 Å². The molecule has 18 heavy (non-hydrogen) atoms. The molecule has 0 fully saturated rings. The van der Waals surface area contributed by atoms with Crippen molar-refractivity contribution in [1.29, 1.82) is 0 Å². The van der Waals surface area contributed by atoms with Gasteiger partial charge in [0.25, 0.3) is 0 Å². The fourth-order valence-corrected chi connectivity index (χ4v) is 1.34. The molecule has 0 heterocycles. The van der Waals surface area contributed by atoms with Gasteiger partial charge in [-0.2, -0.15) is 0 Å². The Bertz CT molecular complexity index is 267. The molecule has 0 aromatic rings. The molecule has 106 valence electrons. The molecule has 0 aromatic heterocycles. The number of hydrogen-bond acceptors (Lipinski definition) is 4. The fraction of sp³-hybridized carbons (Fsp3) is 0.846. The molecule has 0 aliphatic heterocycles. The van der Waals surface area contributed by atoms with Crippen LogP contribution in [-0.2, 0) is 14.3 Å². The van der Waals surface area contributed by atoms with Crippen molar-refractivity contribution in [1.82, 2.24) is 10.2 Å². The maximum Gasteiger partial charge on any atom is 0.320 e. The lowest BCUT2D eigenvalue weighted by Gasteiger charge is -2.22. The second kappa shape index (κ2) is 8.91. The molecule has 0 rings (SSSR count). The van der Waals surface area contributed by atoms with E-state index in [1.165, 1.54) is 0 Å². The molecule has 0 aliphatic rings. The molecule has 0 saturated carbocycles. The highest BCUT2D eigenvalue weighted by Crippen LogP contribution is 1.99. The zero-order valence-electron chi connectivity index (χ0n) is 12.2. The number of nitrogens with zero attached hydrogens (tertiary/aromatic N) is 1. The average molecular weight is 258 g/mol. The van der Waals surface area contributed by atoms with E-state index in [9.17, 15) is 9.59 Å². The molecule has 0 spiro atoms. The van der Waals surface area contributed by atoms with Gasteiger partial charge in [0, 0.05) is 6.04 Å². The van der Waals surface area contributed by atoms with E-state index in [2.05, 4.69) is 19.2 Å². The first-order valence-electron chi connectivity index (χ1n) is 6.58. The van der Waals surface area contributed by atoms with Crippen molar-refractivity contribution in [2.24, 2.45) is 5.92 Å². The summed E-state index contributed by atoms with van der Waals surface area (Å²) >= 11 is 0. The minimum Gasteiger partial charge on any atom is -0.465 e. The van der Waals surface area contributed by atoms with Gasteiger partial charge in [-0.05, 0) is 26.3 Å². The topological polar surface area (TPSA) is 58.6 Å². The maximum atomic E-state index is 11.8. The Morgan fingerprint density at radius 1 is 1.17 bits per heavy atom. The second-order valence-electron chi connectivity index (χ2n) is 4.71. The summed E-state index contributed by atoms with van der Waals surface area (Å²) in [5.74, 6) is 0.0560. The van der Waals surface area contributed by atoms with Gasteiger partial charge in [-0.15, -0.1) is 0 Å². The number of hydrogen-bond donors (Lipinski definition) is 1. The highest BCUT2D eigenvalue weighted by molar-refractivity contribution is 5.79. The summed E-state index contributed by atoms with van der Waals surface area (Å²) in [5.41, 5.74) is 0. The van der Waals surface area contributed by atoms with Gasteiger partial charge in [-0.1, -0.05) is 20.8 Å². The minimum absolute atomic E-state index is 0.0534. The van der Waals surface area contributed by atoms with Crippen LogP contribution in [0, 0.1) is 5.92 Å². The Morgan fingerprint density at radius 2 is 1.78 bits per heavy atom. The minimum atomic E-state index is -0.288. The van der Waals surface area contributed by atoms with Crippen LogP contribution >= 0.6 is 0 Å².